The van der Waals surface area contributed by atoms with Crippen LogP contribution in [0.2, 0.25) is 0 Å². The van der Waals surface area contributed by atoms with E-state index in [9.17, 15) is 19.0 Å². The molecule has 9 nitrogen and oxygen atoms in total. The zero-order valence-electron chi connectivity index (χ0n) is 55.4. The van der Waals surface area contributed by atoms with Crippen LogP contribution in [0.5, 0.6) is 0 Å². The number of carbonyl (C=O) groups excluding carboxylic acids is 2. The van der Waals surface area contributed by atoms with E-state index in [4.69, 9.17) is 18.5 Å². The average molecular weight is 1210 g/mol. The minimum Gasteiger partial charge on any atom is -0.756 e. The van der Waals surface area contributed by atoms with Gasteiger partial charge in [-0.2, -0.15) is 0 Å². The van der Waals surface area contributed by atoms with Gasteiger partial charge < -0.3 is 27.9 Å². The van der Waals surface area contributed by atoms with Gasteiger partial charge in [-0.25, -0.2) is 0 Å². The molecule has 0 rings (SSSR count). The van der Waals surface area contributed by atoms with Gasteiger partial charge >= 0.3 is 11.9 Å². The Balaban J connectivity index is 4.10. The summed E-state index contributed by atoms with van der Waals surface area (Å²) in [5.74, 6) is -0.876. The maximum Gasteiger partial charge on any atom is 0.306 e. The van der Waals surface area contributed by atoms with Crippen LogP contribution in [0, 0.1) is 0 Å². The molecule has 0 saturated heterocycles. The molecule has 2 unspecified atom stereocenters. The fourth-order valence-corrected chi connectivity index (χ4v) is 9.60. The monoisotopic (exact) mass is 1210 g/mol. The summed E-state index contributed by atoms with van der Waals surface area (Å²) in [4.78, 5) is 38.0. The molecule has 0 amide bonds. The first-order valence-corrected chi connectivity index (χ1v) is 35.7. The molecule has 0 aromatic carbocycles. The van der Waals surface area contributed by atoms with Gasteiger partial charge in [0.05, 0.1) is 27.7 Å². The maximum atomic E-state index is 12.8. The first kappa shape index (κ1) is 81.6. The van der Waals surface area contributed by atoms with E-state index in [1.165, 1.54) is 103 Å². The minimum atomic E-state index is -4.66. The van der Waals surface area contributed by atoms with Crippen LogP contribution in [0.3, 0.4) is 0 Å². The summed E-state index contributed by atoms with van der Waals surface area (Å²) in [6.07, 6.45) is 97.5. The van der Waals surface area contributed by atoms with Crippen molar-refractivity contribution >= 4 is 19.8 Å². The van der Waals surface area contributed by atoms with Crippen LogP contribution >= 0.6 is 7.82 Å². The number of hydrogen-bond acceptors (Lipinski definition) is 8. The Bertz CT molecular complexity index is 2010. The van der Waals surface area contributed by atoms with Crippen molar-refractivity contribution in [2.24, 2.45) is 0 Å². The van der Waals surface area contributed by atoms with Gasteiger partial charge in [-0.15, -0.1) is 0 Å². The van der Waals surface area contributed by atoms with E-state index in [0.717, 1.165) is 122 Å². The second kappa shape index (κ2) is 65.1. The molecule has 2 atom stereocenters. The second-order valence-electron chi connectivity index (χ2n) is 23.4. The molecule has 0 heterocycles. The summed E-state index contributed by atoms with van der Waals surface area (Å²) in [6, 6.07) is 0. The lowest BCUT2D eigenvalue weighted by molar-refractivity contribution is -0.870. The molecule has 0 radical (unpaired) electrons. The molecule has 86 heavy (non-hydrogen) atoms. The molecule has 10 heteroatoms. The van der Waals surface area contributed by atoms with Crippen LogP contribution in [0.15, 0.2) is 158 Å². The number of likely N-dealkylation sites (N-methyl/N-ethyl adjacent to an activating group) is 1. The Morgan fingerprint density at radius 3 is 0.942 bits per heavy atom. The summed E-state index contributed by atoms with van der Waals surface area (Å²) >= 11 is 0. The van der Waals surface area contributed by atoms with Crippen LogP contribution in [-0.4, -0.2) is 70.0 Å². The second-order valence-corrected chi connectivity index (χ2v) is 24.8. The van der Waals surface area contributed by atoms with Gasteiger partial charge in [-0.3, -0.25) is 14.2 Å². The van der Waals surface area contributed by atoms with Crippen molar-refractivity contribution in [2.45, 2.75) is 264 Å². The van der Waals surface area contributed by atoms with Crippen molar-refractivity contribution in [1.82, 2.24) is 0 Å². The Labute approximate surface area is 528 Å². The molecule has 0 aromatic heterocycles. The van der Waals surface area contributed by atoms with Crippen molar-refractivity contribution in [3.63, 3.8) is 0 Å². The van der Waals surface area contributed by atoms with Gasteiger partial charge in [0, 0.05) is 12.8 Å². The number of phosphoric acid groups is 1. The molecule has 0 spiro atoms. The number of rotatable bonds is 61. The summed E-state index contributed by atoms with van der Waals surface area (Å²) < 4.78 is 34.2. The fourth-order valence-electron chi connectivity index (χ4n) is 8.88. The molecule has 0 aliphatic carbocycles. The number of carbonyl (C=O) groups is 2. The van der Waals surface area contributed by atoms with E-state index in [0.29, 0.717) is 17.4 Å². The summed E-state index contributed by atoms with van der Waals surface area (Å²) in [5.41, 5.74) is 0. The van der Waals surface area contributed by atoms with Crippen LogP contribution in [0.1, 0.15) is 258 Å². The van der Waals surface area contributed by atoms with Crippen molar-refractivity contribution in [2.75, 3.05) is 47.5 Å². The number of nitrogens with zero attached hydrogens (tertiary/aromatic N) is 1. The highest BCUT2D eigenvalue weighted by atomic mass is 31.2. The van der Waals surface area contributed by atoms with E-state index in [2.05, 4.69) is 172 Å². The average Bonchev–Trinajstić information content (AvgIpc) is 3.70. The highest BCUT2D eigenvalue weighted by molar-refractivity contribution is 7.45. The molecule has 0 aliphatic rings. The molecular formula is C76H126NO8P. The Morgan fingerprint density at radius 1 is 0.360 bits per heavy atom. The Morgan fingerprint density at radius 2 is 0.628 bits per heavy atom. The van der Waals surface area contributed by atoms with E-state index >= 15 is 0 Å². The van der Waals surface area contributed by atoms with Gasteiger partial charge in [0.2, 0.25) is 0 Å². The molecule has 0 aromatic rings. The van der Waals surface area contributed by atoms with Gasteiger partial charge in [0.25, 0.3) is 7.82 Å². The lowest BCUT2D eigenvalue weighted by atomic mass is 10.0. The molecule has 0 N–H and O–H groups in total. The Hall–Kier alpha value is -4.37. The molecule has 0 fully saturated rings. The van der Waals surface area contributed by atoms with Gasteiger partial charge in [-0.05, 0) is 122 Å². The number of ether oxygens (including phenoxy) is 2. The van der Waals surface area contributed by atoms with E-state index in [1.54, 1.807) is 0 Å². The normalized spacial score (nSPS) is 14.2. The zero-order valence-corrected chi connectivity index (χ0v) is 56.3. The number of unbranched alkanes of at least 4 members (excludes halogenated alkanes) is 21. The summed E-state index contributed by atoms with van der Waals surface area (Å²) in [6.45, 7) is 3.97. The molecule has 0 aliphatic heterocycles. The summed E-state index contributed by atoms with van der Waals surface area (Å²) in [5, 5.41) is 0. The summed E-state index contributed by atoms with van der Waals surface area (Å²) in [7, 11) is 1.13. The Kier molecular flexibility index (Phi) is 61.8. The largest absolute Gasteiger partial charge is 0.756 e. The number of quaternary nitrogens is 1. The maximum absolute atomic E-state index is 12.8. The van der Waals surface area contributed by atoms with Crippen LogP contribution in [-0.2, 0) is 32.7 Å². The fraction of sp³-hybridized carbons (Fsp3) is 0.632. The minimum absolute atomic E-state index is 0.0449. The van der Waals surface area contributed by atoms with E-state index in [-0.39, 0.29) is 26.1 Å². The molecule has 0 saturated carbocycles. The van der Waals surface area contributed by atoms with Gasteiger partial charge in [0.15, 0.2) is 6.10 Å². The van der Waals surface area contributed by atoms with Crippen LogP contribution in [0.25, 0.3) is 0 Å². The highest BCUT2D eigenvalue weighted by Gasteiger charge is 2.22. The topological polar surface area (TPSA) is 111 Å². The molecule has 488 valence electrons. The smallest absolute Gasteiger partial charge is 0.306 e. The predicted molar refractivity (Wildman–Crippen MR) is 369 cm³/mol. The number of hydrogen-bond donors (Lipinski definition) is 0. The number of esters is 2. The lowest BCUT2D eigenvalue weighted by Crippen LogP contribution is -2.37. The van der Waals surface area contributed by atoms with Gasteiger partial charge in [-0.1, -0.05) is 281 Å². The standard InChI is InChI=1S/C76H126NO8P/c1-6-8-10-12-14-16-18-20-22-24-26-28-30-32-33-34-35-36-37-38-39-40-41-42-43-45-46-48-50-52-54-56-58-60-62-64-66-68-75(78)82-72-74(73-84-86(80,81)83-71-70-77(3,4)5)85-76(79)69-67-65-63-61-59-57-55-53-51-49-47-44-31-29-27-25-23-21-19-17-15-13-11-9-7-2/h8-11,14-17,20-23,26-29,32-33,35-36,44,47,51,53,57,59,74H,6-7,12-13,18-19,24-25,30-31,34,37-43,45-46,48-50,52,54-56,58,60-73H2,1-5H3/b10-8-,11-9-,16-14-,17-15-,22-20-,23-21-,28-26-,29-27-,33-32-,36-35-,47-44-,53-51-,59-57-. The van der Waals surface area contributed by atoms with E-state index < -0.39 is 32.5 Å². The first-order valence-electron chi connectivity index (χ1n) is 34.2. The van der Waals surface area contributed by atoms with Crippen molar-refractivity contribution in [3.05, 3.63) is 158 Å². The quantitative estimate of drug-likeness (QED) is 0.0195. The number of phosphoric ester groups is 1. The third kappa shape index (κ3) is 68.7. The van der Waals surface area contributed by atoms with Crippen molar-refractivity contribution < 1.29 is 42.1 Å². The number of allylic oxidation sites excluding steroid dienone is 26. The van der Waals surface area contributed by atoms with Crippen LogP contribution in [0.4, 0.5) is 0 Å². The van der Waals surface area contributed by atoms with E-state index in [1.807, 2.05) is 21.1 Å². The zero-order chi connectivity index (χ0) is 62.6. The molecular weight excluding hydrogens is 1090 g/mol. The first-order chi connectivity index (χ1) is 42.0. The highest BCUT2D eigenvalue weighted by Crippen LogP contribution is 2.38. The van der Waals surface area contributed by atoms with Gasteiger partial charge in [0.1, 0.15) is 19.8 Å². The van der Waals surface area contributed by atoms with Crippen LogP contribution < -0.4 is 4.89 Å². The molecule has 0 bridgehead atoms. The third-order valence-electron chi connectivity index (χ3n) is 14.0. The predicted octanol–water partition coefficient (Wildman–Crippen LogP) is 21.7. The van der Waals surface area contributed by atoms with Crippen molar-refractivity contribution in [3.8, 4) is 0 Å². The lowest BCUT2D eigenvalue weighted by Gasteiger charge is -2.28. The van der Waals surface area contributed by atoms with Crippen molar-refractivity contribution in [1.29, 1.82) is 0 Å². The third-order valence-corrected chi connectivity index (χ3v) is 15.0. The SMILES string of the molecule is CC/C=C\C/C=C\C/C=C\C/C=C\C/C=C\C/C=C\C/C=C\CCCCCC(=O)OC(COC(=O)CCCCCCCCCCCCCCCCCCCC/C=C\C/C=C\C/C=C\C/C=C\C/C=C\C/C=C\CC)COP(=O)([O-])OCC[N+](C)(C)C.